The number of likely N-dealkylation sites (tertiary alicyclic amines) is 1. The molecule has 1 N–H and O–H groups in total. The smallest absolute Gasteiger partial charge is 0.0564 e. The number of piperidine rings is 1. The Morgan fingerprint density at radius 2 is 1.83 bits per heavy atom. The predicted molar refractivity (Wildman–Crippen MR) is 74.2 cm³/mol. The largest absolute Gasteiger partial charge is 0.393 e. The van der Waals surface area contributed by atoms with Crippen LogP contribution in [0.25, 0.3) is 0 Å². The Bertz CT molecular complexity index is 451. The lowest BCUT2D eigenvalue weighted by Crippen LogP contribution is -2.43. The second-order valence-corrected chi connectivity index (χ2v) is 6.22. The summed E-state index contributed by atoms with van der Waals surface area (Å²) >= 11 is 12.4. The maximum atomic E-state index is 9.61. The first-order valence-electron chi connectivity index (χ1n) is 6.50. The fourth-order valence-electron chi connectivity index (χ4n) is 3.02. The number of benzene rings is 1. The number of rotatable bonds is 2. The number of aliphatic hydroxyl groups is 1. The number of nitrogens with zero attached hydrogens (tertiary/aromatic N) is 1. The summed E-state index contributed by atoms with van der Waals surface area (Å²) in [5, 5.41) is 11.2. The van der Waals surface area contributed by atoms with Crippen molar-refractivity contribution >= 4 is 23.2 Å². The van der Waals surface area contributed by atoms with E-state index in [1.807, 2.05) is 18.2 Å². The minimum absolute atomic E-state index is 0.0854. The van der Waals surface area contributed by atoms with E-state index in [0.717, 1.165) is 54.4 Å². The summed E-state index contributed by atoms with van der Waals surface area (Å²) in [4.78, 5) is 2.47. The van der Waals surface area contributed by atoms with Gasteiger partial charge in [-0.1, -0.05) is 23.2 Å². The lowest BCUT2D eigenvalue weighted by molar-refractivity contribution is 0.0522. The molecule has 0 unspecified atom stereocenters. The van der Waals surface area contributed by atoms with Gasteiger partial charge in [-0.15, -0.1) is 0 Å². The molecular weight excluding hydrogens is 269 g/mol. The third-order valence-corrected chi connectivity index (χ3v) is 4.79. The Balaban J connectivity index is 1.88. The standard InChI is InChI=1S/C14H17Cl2NO/c15-10-1-2-13(16)12(9-10)14(5-6-14)17-7-3-11(18)4-8-17/h1-2,9,11,18H,3-8H2. The first-order chi connectivity index (χ1) is 8.62. The van der Waals surface area contributed by atoms with E-state index in [1.165, 1.54) is 0 Å². The highest BCUT2D eigenvalue weighted by Crippen LogP contribution is 2.54. The fraction of sp³-hybridized carbons (Fsp3) is 0.571. The van der Waals surface area contributed by atoms with E-state index in [1.54, 1.807) is 0 Å². The van der Waals surface area contributed by atoms with E-state index < -0.39 is 0 Å². The van der Waals surface area contributed by atoms with Gasteiger partial charge in [0.25, 0.3) is 0 Å². The molecule has 18 heavy (non-hydrogen) atoms. The second kappa shape index (κ2) is 4.68. The van der Waals surface area contributed by atoms with Crippen LogP contribution in [0.5, 0.6) is 0 Å². The summed E-state index contributed by atoms with van der Waals surface area (Å²) in [6.07, 6.45) is 3.87. The zero-order chi connectivity index (χ0) is 12.8. The second-order valence-electron chi connectivity index (χ2n) is 5.37. The van der Waals surface area contributed by atoms with Crippen LogP contribution in [0, 0.1) is 0 Å². The van der Waals surface area contributed by atoms with Gasteiger partial charge in [-0.05, 0) is 49.4 Å². The van der Waals surface area contributed by atoms with Gasteiger partial charge in [-0.25, -0.2) is 0 Å². The average Bonchev–Trinajstić information content (AvgIpc) is 3.14. The average molecular weight is 286 g/mol. The lowest BCUT2D eigenvalue weighted by Gasteiger charge is -2.37. The number of hydrogen-bond donors (Lipinski definition) is 1. The van der Waals surface area contributed by atoms with Crippen molar-refractivity contribution in [1.29, 1.82) is 0 Å². The topological polar surface area (TPSA) is 23.5 Å². The van der Waals surface area contributed by atoms with Gasteiger partial charge in [-0.3, -0.25) is 4.90 Å². The predicted octanol–water partition coefficient (Wildman–Crippen LogP) is 3.44. The van der Waals surface area contributed by atoms with Crippen LogP contribution in [-0.4, -0.2) is 29.2 Å². The van der Waals surface area contributed by atoms with Crippen molar-refractivity contribution in [3.63, 3.8) is 0 Å². The minimum atomic E-state index is -0.133. The van der Waals surface area contributed by atoms with Gasteiger partial charge in [0.1, 0.15) is 0 Å². The Hall–Kier alpha value is -0.280. The van der Waals surface area contributed by atoms with Crippen molar-refractivity contribution in [2.24, 2.45) is 0 Å². The summed E-state index contributed by atoms with van der Waals surface area (Å²) in [5.74, 6) is 0. The molecule has 1 heterocycles. The molecule has 2 nitrogen and oxygen atoms in total. The summed E-state index contributed by atoms with van der Waals surface area (Å²) in [6.45, 7) is 1.90. The van der Waals surface area contributed by atoms with Crippen LogP contribution in [0.1, 0.15) is 31.2 Å². The fourth-order valence-corrected chi connectivity index (χ4v) is 3.49. The molecule has 2 fully saturated rings. The summed E-state index contributed by atoms with van der Waals surface area (Å²) in [6, 6.07) is 5.73. The van der Waals surface area contributed by atoms with Crippen LogP contribution < -0.4 is 0 Å². The highest BCUT2D eigenvalue weighted by molar-refractivity contribution is 6.33. The molecule has 0 spiro atoms. The first-order valence-corrected chi connectivity index (χ1v) is 7.26. The van der Waals surface area contributed by atoms with Gasteiger partial charge in [-0.2, -0.15) is 0 Å². The highest BCUT2D eigenvalue weighted by Gasteiger charge is 2.50. The minimum Gasteiger partial charge on any atom is -0.393 e. The van der Waals surface area contributed by atoms with Gasteiger partial charge >= 0.3 is 0 Å². The summed E-state index contributed by atoms with van der Waals surface area (Å²) in [5.41, 5.74) is 1.25. The molecule has 1 saturated heterocycles. The molecule has 1 aromatic carbocycles. The first kappa shape index (κ1) is 12.7. The third kappa shape index (κ3) is 2.16. The van der Waals surface area contributed by atoms with Crippen LogP contribution in [0.15, 0.2) is 18.2 Å². The molecule has 0 aromatic heterocycles. The van der Waals surface area contributed by atoms with E-state index in [9.17, 15) is 5.11 Å². The molecule has 0 radical (unpaired) electrons. The van der Waals surface area contributed by atoms with Crippen LogP contribution in [0.3, 0.4) is 0 Å². The van der Waals surface area contributed by atoms with Crippen molar-refractivity contribution in [2.45, 2.75) is 37.3 Å². The van der Waals surface area contributed by atoms with Crippen LogP contribution in [0.2, 0.25) is 10.0 Å². The van der Waals surface area contributed by atoms with Crippen LogP contribution >= 0.6 is 23.2 Å². The van der Waals surface area contributed by atoms with Crippen molar-refractivity contribution in [1.82, 2.24) is 4.90 Å². The Kier molecular flexibility index (Phi) is 3.31. The number of halogens is 2. The molecule has 4 heteroatoms. The van der Waals surface area contributed by atoms with E-state index >= 15 is 0 Å². The molecule has 3 rings (SSSR count). The van der Waals surface area contributed by atoms with E-state index in [-0.39, 0.29) is 11.6 Å². The van der Waals surface area contributed by atoms with Crippen molar-refractivity contribution in [3.05, 3.63) is 33.8 Å². The molecule has 1 aliphatic heterocycles. The number of hydrogen-bond acceptors (Lipinski definition) is 2. The van der Waals surface area contributed by atoms with Crippen LogP contribution in [0.4, 0.5) is 0 Å². The Morgan fingerprint density at radius 3 is 2.44 bits per heavy atom. The third-order valence-electron chi connectivity index (χ3n) is 4.22. The van der Waals surface area contributed by atoms with E-state index in [2.05, 4.69) is 4.90 Å². The molecule has 1 aliphatic carbocycles. The maximum absolute atomic E-state index is 9.61. The van der Waals surface area contributed by atoms with Gasteiger partial charge in [0.2, 0.25) is 0 Å². The van der Waals surface area contributed by atoms with Crippen molar-refractivity contribution < 1.29 is 5.11 Å². The SMILES string of the molecule is OC1CCN(C2(c3cc(Cl)ccc3Cl)CC2)CC1. The van der Waals surface area contributed by atoms with E-state index in [0.29, 0.717) is 0 Å². The Labute approximate surface area is 117 Å². The quantitative estimate of drug-likeness (QED) is 0.900. The zero-order valence-corrected chi connectivity index (χ0v) is 11.7. The molecule has 1 saturated carbocycles. The lowest BCUT2D eigenvalue weighted by atomic mass is 9.98. The molecule has 1 aromatic rings. The molecular formula is C14H17Cl2NO. The molecule has 98 valence electrons. The van der Waals surface area contributed by atoms with Gasteiger partial charge in [0.15, 0.2) is 0 Å². The zero-order valence-electron chi connectivity index (χ0n) is 10.2. The van der Waals surface area contributed by atoms with Crippen molar-refractivity contribution in [3.8, 4) is 0 Å². The maximum Gasteiger partial charge on any atom is 0.0564 e. The normalized spacial score (nSPS) is 24.2. The monoisotopic (exact) mass is 285 g/mol. The van der Waals surface area contributed by atoms with Gasteiger partial charge < -0.3 is 5.11 Å². The molecule has 2 aliphatic rings. The van der Waals surface area contributed by atoms with Crippen LogP contribution in [-0.2, 0) is 5.54 Å². The van der Waals surface area contributed by atoms with Gasteiger partial charge in [0, 0.05) is 28.7 Å². The highest BCUT2D eigenvalue weighted by atomic mass is 35.5. The summed E-state index contributed by atoms with van der Waals surface area (Å²) < 4.78 is 0. The molecule has 0 amide bonds. The van der Waals surface area contributed by atoms with Crippen molar-refractivity contribution in [2.75, 3.05) is 13.1 Å². The molecule has 0 bridgehead atoms. The number of aliphatic hydroxyl groups excluding tert-OH is 1. The molecule has 0 atom stereocenters. The van der Waals surface area contributed by atoms with Gasteiger partial charge in [0.05, 0.1) is 6.10 Å². The van der Waals surface area contributed by atoms with E-state index in [4.69, 9.17) is 23.2 Å². The Morgan fingerprint density at radius 1 is 1.17 bits per heavy atom. The summed E-state index contributed by atoms with van der Waals surface area (Å²) in [7, 11) is 0.